The van der Waals surface area contributed by atoms with Crippen LogP contribution in [0.3, 0.4) is 0 Å². The summed E-state index contributed by atoms with van der Waals surface area (Å²) in [5.41, 5.74) is 2.85. The molecule has 0 N–H and O–H groups in total. The van der Waals surface area contributed by atoms with E-state index in [1.54, 1.807) is 11.9 Å². The first kappa shape index (κ1) is 23.1. The van der Waals surface area contributed by atoms with Gasteiger partial charge in [0.2, 0.25) is 5.91 Å². The summed E-state index contributed by atoms with van der Waals surface area (Å²) in [7, 11) is 1.73. The molecule has 31 heavy (non-hydrogen) atoms. The van der Waals surface area contributed by atoms with Crippen molar-refractivity contribution in [1.82, 2.24) is 14.9 Å². The van der Waals surface area contributed by atoms with E-state index < -0.39 is 11.8 Å². The van der Waals surface area contributed by atoms with Gasteiger partial charge in [-0.25, -0.2) is 9.97 Å². The van der Waals surface area contributed by atoms with Crippen molar-refractivity contribution in [3.8, 4) is 11.4 Å². The Balaban J connectivity index is 1.87. The monoisotopic (exact) mass is 441 g/mol. The molecule has 1 saturated carbocycles. The van der Waals surface area contributed by atoms with Crippen LogP contribution in [0.2, 0.25) is 5.02 Å². The van der Waals surface area contributed by atoms with Crippen molar-refractivity contribution in [2.75, 3.05) is 7.05 Å². The van der Waals surface area contributed by atoms with Gasteiger partial charge >= 0.3 is 0 Å². The Morgan fingerprint density at radius 2 is 1.68 bits per heavy atom. The number of nitrogens with zero attached hydrogens (tertiary/aromatic N) is 3. The Bertz CT molecular complexity index is 1020. The van der Waals surface area contributed by atoms with Crippen LogP contribution < -0.4 is 0 Å². The van der Waals surface area contributed by atoms with Gasteiger partial charge in [-0.3, -0.25) is 14.4 Å². The zero-order valence-corrected chi connectivity index (χ0v) is 19.6. The van der Waals surface area contributed by atoms with Gasteiger partial charge < -0.3 is 4.90 Å². The van der Waals surface area contributed by atoms with Crippen LogP contribution in [0.15, 0.2) is 24.5 Å². The van der Waals surface area contributed by atoms with E-state index in [-0.39, 0.29) is 35.9 Å². The summed E-state index contributed by atoms with van der Waals surface area (Å²) < 4.78 is 0. The van der Waals surface area contributed by atoms with Crippen molar-refractivity contribution in [3.05, 3.63) is 46.2 Å². The van der Waals surface area contributed by atoms with Gasteiger partial charge in [0.1, 0.15) is 11.7 Å². The predicted octanol–water partition coefficient (Wildman–Crippen LogP) is 4.30. The zero-order valence-electron chi connectivity index (χ0n) is 18.8. The molecule has 0 bridgehead atoms. The first-order chi connectivity index (χ1) is 14.4. The highest BCUT2D eigenvalue weighted by Crippen LogP contribution is 2.38. The van der Waals surface area contributed by atoms with Gasteiger partial charge in [0.15, 0.2) is 11.6 Å². The predicted molar refractivity (Wildman–Crippen MR) is 120 cm³/mol. The van der Waals surface area contributed by atoms with E-state index in [1.165, 1.54) is 12.4 Å². The molecule has 6 nitrogen and oxygen atoms in total. The number of aryl methyl sites for hydroxylation is 2. The molecule has 1 aliphatic rings. The molecule has 2 unspecified atom stereocenters. The maximum absolute atomic E-state index is 13.2. The van der Waals surface area contributed by atoms with Gasteiger partial charge in [0, 0.05) is 49.3 Å². The highest BCUT2D eigenvalue weighted by atomic mass is 35.5. The highest BCUT2D eigenvalue weighted by molar-refractivity contribution is 6.30. The minimum Gasteiger partial charge on any atom is -0.341 e. The van der Waals surface area contributed by atoms with Gasteiger partial charge in [-0.1, -0.05) is 11.6 Å². The average Bonchev–Trinajstić information content (AvgIpc) is 2.94. The number of halogens is 1. The summed E-state index contributed by atoms with van der Waals surface area (Å²) >= 11 is 5.87. The summed E-state index contributed by atoms with van der Waals surface area (Å²) in [4.78, 5) is 48.8. The molecular formula is C24H28ClN3O3. The fourth-order valence-electron chi connectivity index (χ4n) is 4.07. The molecule has 0 saturated heterocycles. The van der Waals surface area contributed by atoms with Crippen LogP contribution in [0.4, 0.5) is 0 Å². The number of rotatable bonds is 4. The molecule has 1 aromatic heterocycles. The summed E-state index contributed by atoms with van der Waals surface area (Å²) in [5, 5.41) is 0.452. The van der Waals surface area contributed by atoms with E-state index >= 15 is 0 Å². The van der Waals surface area contributed by atoms with Gasteiger partial charge in [0.25, 0.3) is 0 Å². The molecule has 1 aliphatic carbocycles. The molecule has 1 aromatic carbocycles. The van der Waals surface area contributed by atoms with Crippen molar-refractivity contribution >= 4 is 29.1 Å². The number of carbonyl (C=O) groups excluding carboxylic acids is 3. The molecule has 1 heterocycles. The quantitative estimate of drug-likeness (QED) is 0.660. The number of aromatic nitrogens is 2. The lowest BCUT2D eigenvalue weighted by Gasteiger charge is -2.32. The zero-order chi connectivity index (χ0) is 23.1. The van der Waals surface area contributed by atoms with E-state index in [4.69, 9.17) is 11.6 Å². The SMILES string of the molecule is Cc1cc(-c2ncc(Cl)cn2)cc(C)c1C1C(=O)CC(CC(=O)N(C)C(C)(C)C)C1=O. The lowest BCUT2D eigenvalue weighted by molar-refractivity contribution is -0.137. The topological polar surface area (TPSA) is 80.2 Å². The number of carbonyl (C=O) groups is 3. The molecule has 164 valence electrons. The van der Waals surface area contributed by atoms with Crippen LogP contribution in [0, 0.1) is 19.8 Å². The standard InChI is InChI=1S/C24H28ClN3O3/c1-13-7-16(23-26-11-17(25)12-27-23)8-14(2)20(13)21-18(29)9-15(22(21)31)10-19(30)28(6)24(3,4)5/h7-8,11-12,15,21H,9-10H2,1-6H3. The minimum absolute atomic E-state index is 0.0592. The Kier molecular flexibility index (Phi) is 6.33. The highest BCUT2D eigenvalue weighted by Gasteiger charge is 2.44. The van der Waals surface area contributed by atoms with E-state index in [1.807, 2.05) is 46.8 Å². The lowest BCUT2D eigenvalue weighted by Crippen LogP contribution is -2.43. The smallest absolute Gasteiger partial charge is 0.223 e. The second-order valence-corrected chi connectivity index (χ2v) is 9.72. The number of hydrogen-bond acceptors (Lipinski definition) is 5. The summed E-state index contributed by atoms with van der Waals surface area (Å²) in [5.74, 6) is -1.28. The maximum atomic E-state index is 13.2. The number of hydrogen-bond donors (Lipinski definition) is 0. The Labute approximate surface area is 188 Å². The number of benzene rings is 1. The van der Waals surface area contributed by atoms with Crippen molar-refractivity contribution in [3.63, 3.8) is 0 Å². The molecule has 3 rings (SSSR count). The van der Waals surface area contributed by atoms with Gasteiger partial charge in [-0.15, -0.1) is 0 Å². The van der Waals surface area contributed by atoms with Gasteiger partial charge in [-0.05, 0) is 63.4 Å². The fraction of sp³-hybridized carbons (Fsp3) is 0.458. The second-order valence-electron chi connectivity index (χ2n) is 9.28. The molecule has 2 aromatic rings. The summed E-state index contributed by atoms with van der Waals surface area (Å²) in [6.07, 6.45) is 3.23. The molecule has 0 spiro atoms. The average molecular weight is 442 g/mol. The third-order valence-corrected chi connectivity index (χ3v) is 6.21. The van der Waals surface area contributed by atoms with Crippen LogP contribution in [-0.4, -0.2) is 44.9 Å². The second kappa shape index (κ2) is 8.50. The van der Waals surface area contributed by atoms with Crippen LogP contribution in [0.5, 0.6) is 0 Å². The molecule has 7 heteroatoms. The summed E-state index contributed by atoms with van der Waals surface area (Å²) in [6, 6.07) is 3.77. The minimum atomic E-state index is -0.821. The molecular weight excluding hydrogens is 414 g/mol. The van der Waals surface area contributed by atoms with Crippen molar-refractivity contribution in [1.29, 1.82) is 0 Å². The van der Waals surface area contributed by atoms with Gasteiger partial charge in [0.05, 0.1) is 5.02 Å². The lowest BCUT2D eigenvalue weighted by atomic mass is 9.86. The largest absolute Gasteiger partial charge is 0.341 e. The van der Waals surface area contributed by atoms with Crippen LogP contribution in [0.1, 0.15) is 56.2 Å². The maximum Gasteiger partial charge on any atom is 0.223 e. The number of ketones is 2. The van der Waals surface area contributed by atoms with Gasteiger partial charge in [-0.2, -0.15) is 0 Å². The van der Waals surface area contributed by atoms with E-state index in [0.29, 0.717) is 10.8 Å². The first-order valence-electron chi connectivity index (χ1n) is 10.3. The third kappa shape index (κ3) is 4.69. The van der Waals surface area contributed by atoms with Crippen LogP contribution in [-0.2, 0) is 14.4 Å². The van der Waals surface area contributed by atoms with Crippen LogP contribution >= 0.6 is 11.6 Å². The molecule has 1 fully saturated rings. The Morgan fingerprint density at radius 3 is 2.19 bits per heavy atom. The Hall–Kier alpha value is -2.60. The Morgan fingerprint density at radius 1 is 1.13 bits per heavy atom. The summed E-state index contributed by atoms with van der Waals surface area (Å²) in [6.45, 7) is 9.58. The van der Waals surface area contributed by atoms with Crippen molar-refractivity contribution < 1.29 is 14.4 Å². The molecule has 1 amide bonds. The van der Waals surface area contributed by atoms with Crippen molar-refractivity contribution in [2.24, 2.45) is 5.92 Å². The third-order valence-electron chi connectivity index (χ3n) is 6.02. The van der Waals surface area contributed by atoms with Crippen LogP contribution in [0.25, 0.3) is 11.4 Å². The first-order valence-corrected chi connectivity index (χ1v) is 10.7. The molecule has 2 atom stereocenters. The molecule has 0 aliphatic heterocycles. The van der Waals surface area contributed by atoms with E-state index in [9.17, 15) is 14.4 Å². The molecule has 0 radical (unpaired) electrons. The fourth-order valence-corrected chi connectivity index (χ4v) is 4.17. The normalized spacial score (nSPS) is 19.1. The van der Waals surface area contributed by atoms with E-state index in [2.05, 4.69) is 9.97 Å². The van der Waals surface area contributed by atoms with Crippen molar-refractivity contribution in [2.45, 2.75) is 58.9 Å². The number of amides is 1. The number of Topliss-reactive ketones (excluding diaryl/α,β-unsaturated/α-hetero) is 2. The van der Waals surface area contributed by atoms with E-state index in [0.717, 1.165) is 22.3 Å².